The molecule has 1 amide bonds. The van der Waals surface area contributed by atoms with E-state index in [-0.39, 0.29) is 22.9 Å². The zero-order chi connectivity index (χ0) is 21.4. The molecule has 3 aromatic rings. The third kappa shape index (κ3) is 3.70. The van der Waals surface area contributed by atoms with E-state index < -0.39 is 0 Å². The van der Waals surface area contributed by atoms with Crippen LogP contribution in [0.2, 0.25) is 0 Å². The Morgan fingerprint density at radius 3 is 2.58 bits per heavy atom. The van der Waals surface area contributed by atoms with Gasteiger partial charge in [-0.25, -0.2) is 4.98 Å². The number of fused-ring (bicyclic) bond motifs is 2. The van der Waals surface area contributed by atoms with Crippen LogP contribution in [0.15, 0.2) is 47.5 Å². The SMILES string of the molecule is CCn1cc(C(=O)N2CCOCC2)c(=O)c2cc(NC3Cc4ccccc4C3)ncc21. The summed E-state index contributed by atoms with van der Waals surface area (Å²) in [6.07, 6.45) is 5.27. The Bertz CT molecular complexity index is 1170. The molecule has 0 spiro atoms. The largest absolute Gasteiger partial charge is 0.378 e. The first-order valence-corrected chi connectivity index (χ1v) is 10.9. The van der Waals surface area contributed by atoms with Gasteiger partial charge in [-0.15, -0.1) is 0 Å². The zero-order valence-electron chi connectivity index (χ0n) is 17.6. The van der Waals surface area contributed by atoms with Crippen LogP contribution in [0.1, 0.15) is 28.4 Å². The third-order valence-electron chi connectivity index (χ3n) is 6.24. The number of nitrogens with one attached hydrogen (secondary N) is 1. The van der Waals surface area contributed by atoms with Crippen molar-refractivity contribution in [2.45, 2.75) is 32.4 Å². The van der Waals surface area contributed by atoms with Crippen LogP contribution in [0.4, 0.5) is 5.82 Å². The van der Waals surface area contributed by atoms with E-state index >= 15 is 0 Å². The van der Waals surface area contributed by atoms with Crippen LogP contribution in [0.25, 0.3) is 10.9 Å². The van der Waals surface area contributed by atoms with Gasteiger partial charge in [0.1, 0.15) is 11.4 Å². The highest BCUT2D eigenvalue weighted by atomic mass is 16.5. The van der Waals surface area contributed by atoms with Gasteiger partial charge in [0.05, 0.1) is 30.3 Å². The second kappa shape index (κ2) is 8.15. The van der Waals surface area contributed by atoms with E-state index in [1.165, 1.54) is 11.1 Å². The molecule has 0 bridgehead atoms. The molecule has 0 unspecified atom stereocenters. The van der Waals surface area contributed by atoms with Gasteiger partial charge in [-0.2, -0.15) is 0 Å². The Labute approximate surface area is 180 Å². The van der Waals surface area contributed by atoms with Gasteiger partial charge in [-0.1, -0.05) is 24.3 Å². The number of amides is 1. The molecule has 2 aromatic heterocycles. The highest BCUT2D eigenvalue weighted by Crippen LogP contribution is 2.25. The van der Waals surface area contributed by atoms with Gasteiger partial charge in [0.25, 0.3) is 5.91 Å². The van der Waals surface area contributed by atoms with E-state index in [0.29, 0.717) is 44.1 Å². The number of nitrogens with zero attached hydrogens (tertiary/aromatic N) is 3. The molecular formula is C24H26N4O3. The maximum absolute atomic E-state index is 13.3. The van der Waals surface area contributed by atoms with Gasteiger partial charge in [0, 0.05) is 31.9 Å². The predicted octanol–water partition coefficient (Wildman–Crippen LogP) is 2.47. The van der Waals surface area contributed by atoms with E-state index in [1.807, 2.05) is 11.5 Å². The van der Waals surface area contributed by atoms with Crippen molar-refractivity contribution in [3.63, 3.8) is 0 Å². The zero-order valence-corrected chi connectivity index (χ0v) is 17.6. The van der Waals surface area contributed by atoms with E-state index in [0.717, 1.165) is 18.4 Å². The standard InChI is InChI=1S/C24H26N4O3/c1-2-27-15-20(24(30)28-7-9-31-10-8-28)23(29)19-13-22(25-14-21(19)27)26-18-11-16-5-3-4-6-17(16)12-18/h3-6,13-15,18H,2,7-12H2,1H3,(H,25,26). The number of carbonyl (C=O) groups excluding carboxylic acids is 1. The average molecular weight is 418 g/mol. The molecule has 1 aromatic carbocycles. The lowest BCUT2D eigenvalue weighted by Crippen LogP contribution is -2.42. The van der Waals surface area contributed by atoms with Crippen molar-refractivity contribution in [2.24, 2.45) is 0 Å². The number of aryl methyl sites for hydroxylation is 1. The Morgan fingerprint density at radius 2 is 1.90 bits per heavy atom. The first kappa shape index (κ1) is 19.8. The molecular weight excluding hydrogens is 392 g/mol. The molecule has 7 heteroatoms. The molecule has 0 saturated carbocycles. The lowest BCUT2D eigenvalue weighted by Gasteiger charge is -2.27. The number of carbonyl (C=O) groups is 1. The van der Waals surface area contributed by atoms with Crippen molar-refractivity contribution < 1.29 is 9.53 Å². The Hall–Kier alpha value is -3.19. The molecule has 1 aliphatic heterocycles. The van der Waals surface area contributed by atoms with Crippen molar-refractivity contribution >= 4 is 22.6 Å². The van der Waals surface area contributed by atoms with Crippen LogP contribution in [-0.4, -0.2) is 52.7 Å². The summed E-state index contributed by atoms with van der Waals surface area (Å²) in [6.45, 7) is 4.66. The van der Waals surface area contributed by atoms with E-state index in [2.05, 4.69) is 34.6 Å². The number of morpholine rings is 1. The second-order valence-electron chi connectivity index (χ2n) is 8.17. The highest BCUT2D eigenvalue weighted by molar-refractivity contribution is 5.97. The molecule has 0 radical (unpaired) electrons. The number of anilines is 1. The molecule has 0 atom stereocenters. The molecule has 5 rings (SSSR count). The molecule has 31 heavy (non-hydrogen) atoms. The van der Waals surface area contributed by atoms with E-state index in [4.69, 9.17) is 4.74 Å². The molecule has 160 valence electrons. The van der Waals surface area contributed by atoms with Gasteiger partial charge in [0.2, 0.25) is 5.43 Å². The molecule has 1 fully saturated rings. The topological polar surface area (TPSA) is 76.5 Å². The Morgan fingerprint density at radius 1 is 1.19 bits per heavy atom. The predicted molar refractivity (Wildman–Crippen MR) is 120 cm³/mol. The maximum atomic E-state index is 13.3. The smallest absolute Gasteiger partial charge is 0.259 e. The van der Waals surface area contributed by atoms with E-state index in [1.54, 1.807) is 23.4 Å². The van der Waals surface area contributed by atoms with Crippen LogP contribution in [0, 0.1) is 0 Å². The summed E-state index contributed by atoms with van der Waals surface area (Å²) in [7, 11) is 0. The Kier molecular flexibility index (Phi) is 5.19. The number of hydrogen-bond donors (Lipinski definition) is 1. The van der Waals surface area contributed by atoms with Gasteiger partial charge in [-0.05, 0) is 37.0 Å². The molecule has 2 aliphatic rings. The minimum Gasteiger partial charge on any atom is -0.378 e. The van der Waals surface area contributed by atoms with Crippen LogP contribution in [-0.2, 0) is 24.1 Å². The van der Waals surface area contributed by atoms with Crippen LogP contribution < -0.4 is 10.7 Å². The fraction of sp³-hybridized carbons (Fsp3) is 0.375. The number of hydrogen-bond acceptors (Lipinski definition) is 5. The number of ether oxygens (including phenoxy) is 1. The van der Waals surface area contributed by atoms with Crippen LogP contribution >= 0.6 is 0 Å². The van der Waals surface area contributed by atoms with Crippen LogP contribution in [0.5, 0.6) is 0 Å². The van der Waals surface area contributed by atoms with Crippen molar-refractivity contribution in [3.8, 4) is 0 Å². The molecule has 3 heterocycles. The molecule has 1 aliphatic carbocycles. The fourth-order valence-electron chi connectivity index (χ4n) is 4.59. The molecule has 1 N–H and O–H groups in total. The van der Waals surface area contributed by atoms with Crippen molar-refractivity contribution in [2.75, 3.05) is 31.6 Å². The summed E-state index contributed by atoms with van der Waals surface area (Å²) in [5.74, 6) is 0.441. The molecule has 7 nitrogen and oxygen atoms in total. The summed E-state index contributed by atoms with van der Waals surface area (Å²) in [5, 5.41) is 4.01. The number of benzene rings is 1. The summed E-state index contributed by atoms with van der Waals surface area (Å²) >= 11 is 0. The minimum atomic E-state index is -0.239. The van der Waals surface area contributed by atoms with Gasteiger partial charge in [0.15, 0.2) is 0 Å². The first-order chi connectivity index (χ1) is 15.1. The van der Waals surface area contributed by atoms with E-state index in [9.17, 15) is 9.59 Å². The lowest BCUT2D eigenvalue weighted by molar-refractivity contribution is 0.0301. The van der Waals surface area contributed by atoms with Crippen molar-refractivity contribution in [3.05, 3.63) is 69.6 Å². The average Bonchev–Trinajstić information content (AvgIpc) is 3.22. The number of pyridine rings is 2. The van der Waals surface area contributed by atoms with Gasteiger partial charge < -0.3 is 19.5 Å². The molecule has 1 saturated heterocycles. The third-order valence-corrected chi connectivity index (χ3v) is 6.24. The lowest BCUT2D eigenvalue weighted by atomic mass is 10.1. The quantitative estimate of drug-likeness (QED) is 0.704. The van der Waals surface area contributed by atoms with Crippen LogP contribution in [0.3, 0.4) is 0 Å². The Balaban J connectivity index is 1.48. The second-order valence-corrected chi connectivity index (χ2v) is 8.17. The number of rotatable bonds is 4. The normalized spacial score (nSPS) is 16.5. The summed E-state index contributed by atoms with van der Waals surface area (Å²) in [6, 6.07) is 10.5. The van der Waals surface area contributed by atoms with Crippen molar-refractivity contribution in [1.82, 2.24) is 14.5 Å². The van der Waals surface area contributed by atoms with Crippen molar-refractivity contribution in [1.29, 1.82) is 0 Å². The fourth-order valence-corrected chi connectivity index (χ4v) is 4.59. The monoisotopic (exact) mass is 418 g/mol. The summed E-state index contributed by atoms with van der Waals surface area (Å²) in [4.78, 5) is 32.6. The van der Waals surface area contributed by atoms with Gasteiger partial charge >= 0.3 is 0 Å². The summed E-state index contributed by atoms with van der Waals surface area (Å²) < 4.78 is 7.26. The minimum absolute atomic E-state index is 0.210. The van der Waals surface area contributed by atoms with Gasteiger partial charge in [-0.3, -0.25) is 9.59 Å². The number of aromatic nitrogens is 2. The first-order valence-electron chi connectivity index (χ1n) is 10.9. The highest BCUT2D eigenvalue weighted by Gasteiger charge is 2.24. The summed E-state index contributed by atoms with van der Waals surface area (Å²) in [5.41, 5.74) is 3.42. The maximum Gasteiger partial charge on any atom is 0.259 e.